The Labute approximate surface area is 206 Å². The van der Waals surface area contributed by atoms with Gasteiger partial charge in [0, 0.05) is 43.8 Å². The molecule has 1 aromatic carbocycles. The van der Waals surface area contributed by atoms with Gasteiger partial charge in [-0.1, -0.05) is 0 Å². The summed E-state index contributed by atoms with van der Waals surface area (Å²) < 4.78 is 10.7. The van der Waals surface area contributed by atoms with Crippen LogP contribution in [0, 0.1) is 0 Å². The van der Waals surface area contributed by atoms with E-state index in [1.807, 2.05) is 49.1 Å². The second kappa shape index (κ2) is 10.8. The van der Waals surface area contributed by atoms with E-state index in [2.05, 4.69) is 20.4 Å². The highest BCUT2D eigenvalue weighted by atomic mass is 16.5. The number of amides is 3. The topological polar surface area (TPSA) is 100 Å². The van der Waals surface area contributed by atoms with Crippen molar-refractivity contribution < 1.29 is 19.1 Å². The van der Waals surface area contributed by atoms with Gasteiger partial charge in [0.15, 0.2) is 17.3 Å². The molecule has 3 amide bonds. The Kier molecular flexibility index (Phi) is 7.57. The summed E-state index contributed by atoms with van der Waals surface area (Å²) in [7, 11) is 3.21. The van der Waals surface area contributed by atoms with Gasteiger partial charge in [0.25, 0.3) is 0 Å². The van der Waals surface area contributed by atoms with Crippen LogP contribution in [0.3, 0.4) is 0 Å². The molecule has 0 radical (unpaired) electrons. The lowest BCUT2D eigenvalue weighted by molar-refractivity contribution is -0.132. The number of urea groups is 1. The predicted octanol–water partition coefficient (Wildman–Crippen LogP) is 2.39. The Morgan fingerprint density at radius 3 is 2.31 bits per heavy atom. The number of carbonyl (C=O) groups is 2. The van der Waals surface area contributed by atoms with Crippen molar-refractivity contribution in [3.8, 4) is 22.8 Å². The first kappa shape index (κ1) is 24.6. The summed E-state index contributed by atoms with van der Waals surface area (Å²) in [6, 6.07) is 9.58. The van der Waals surface area contributed by atoms with Crippen LogP contribution in [0.5, 0.6) is 11.5 Å². The van der Waals surface area contributed by atoms with Crippen molar-refractivity contribution in [1.82, 2.24) is 25.3 Å². The fourth-order valence-corrected chi connectivity index (χ4v) is 4.16. The average Bonchev–Trinajstić information content (AvgIpc) is 3.71. The zero-order chi connectivity index (χ0) is 24.9. The number of hydrogen-bond donors (Lipinski definition) is 1. The smallest absolute Gasteiger partial charge is 0.318 e. The fourth-order valence-electron chi connectivity index (χ4n) is 4.16. The van der Waals surface area contributed by atoms with Crippen LogP contribution >= 0.6 is 0 Å². The van der Waals surface area contributed by atoms with E-state index in [4.69, 9.17) is 9.47 Å². The van der Waals surface area contributed by atoms with E-state index in [9.17, 15) is 9.59 Å². The highest BCUT2D eigenvalue weighted by molar-refractivity contribution is 5.85. The Balaban J connectivity index is 1.33. The van der Waals surface area contributed by atoms with Gasteiger partial charge in [0.2, 0.25) is 5.91 Å². The number of benzene rings is 1. The van der Waals surface area contributed by atoms with Gasteiger partial charge in [-0.25, -0.2) is 4.79 Å². The summed E-state index contributed by atoms with van der Waals surface area (Å²) in [5.74, 6) is 2.07. The molecule has 1 saturated heterocycles. The summed E-state index contributed by atoms with van der Waals surface area (Å²) >= 11 is 0. The number of rotatable bonds is 8. The number of piperazine rings is 1. The minimum Gasteiger partial charge on any atom is -0.493 e. The molecule has 1 N–H and O–H groups in total. The van der Waals surface area contributed by atoms with E-state index in [1.165, 1.54) is 0 Å². The minimum absolute atomic E-state index is 0.00894. The molecule has 2 fully saturated rings. The molecule has 10 nitrogen and oxygen atoms in total. The lowest BCUT2D eigenvalue weighted by Gasteiger charge is -2.36. The molecule has 1 aromatic heterocycles. The molecule has 0 bridgehead atoms. The number of methoxy groups -OCH3 is 2. The number of hydrogen-bond acceptors (Lipinski definition) is 7. The Morgan fingerprint density at radius 1 is 1.03 bits per heavy atom. The average molecular weight is 483 g/mol. The first-order chi connectivity index (χ1) is 16.9. The standard InChI is InChI=1S/C25H34N6O4/c1-17(2)26-25(33)31(19-6-7-19)16-24(32)30-13-11-29(12-14-30)23-10-8-20(27-28-23)18-5-9-21(34-3)22(15-18)35-4/h5,8-10,15,17,19H,6-7,11-14,16H2,1-4H3,(H,26,33). The lowest BCUT2D eigenvalue weighted by atomic mass is 10.1. The summed E-state index contributed by atoms with van der Waals surface area (Å²) in [5, 5.41) is 11.7. The second-order valence-corrected chi connectivity index (χ2v) is 9.18. The van der Waals surface area contributed by atoms with E-state index in [0.29, 0.717) is 37.7 Å². The van der Waals surface area contributed by atoms with Crippen LogP contribution in [0.15, 0.2) is 30.3 Å². The number of nitrogens with zero attached hydrogens (tertiary/aromatic N) is 5. The maximum absolute atomic E-state index is 12.9. The van der Waals surface area contributed by atoms with Crippen molar-refractivity contribution >= 4 is 17.8 Å². The quantitative estimate of drug-likeness (QED) is 0.617. The van der Waals surface area contributed by atoms with Crippen LogP contribution in [-0.2, 0) is 4.79 Å². The Morgan fingerprint density at radius 2 is 1.74 bits per heavy atom. The zero-order valence-corrected chi connectivity index (χ0v) is 20.9. The monoisotopic (exact) mass is 482 g/mol. The van der Waals surface area contributed by atoms with Gasteiger partial charge < -0.3 is 29.5 Å². The van der Waals surface area contributed by atoms with Gasteiger partial charge in [-0.05, 0) is 57.0 Å². The highest BCUT2D eigenvalue weighted by Crippen LogP contribution is 2.32. The van der Waals surface area contributed by atoms with Crippen molar-refractivity contribution in [2.24, 2.45) is 0 Å². The first-order valence-corrected chi connectivity index (χ1v) is 12.1. The molecular weight excluding hydrogens is 448 g/mol. The van der Waals surface area contributed by atoms with E-state index < -0.39 is 0 Å². The largest absolute Gasteiger partial charge is 0.493 e. The molecule has 1 aliphatic carbocycles. The van der Waals surface area contributed by atoms with E-state index in [1.54, 1.807) is 19.1 Å². The molecule has 188 valence electrons. The molecule has 1 aliphatic heterocycles. The van der Waals surface area contributed by atoms with Gasteiger partial charge in [0.1, 0.15) is 6.54 Å². The summed E-state index contributed by atoms with van der Waals surface area (Å²) in [6.45, 7) is 6.48. The maximum atomic E-state index is 12.9. The first-order valence-electron chi connectivity index (χ1n) is 12.1. The van der Waals surface area contributed by atoms with E-state index in [-0.39, 0.29) is 30.6 Å². The third kappa shape index (κ3) is 5.93. The molecule has 2 aromatic rings. The Bertz CT molecular complexity index is 1030. The van der Waals surface area contributed by atoms with Crippen LogP contribution in [0.4, 0.5) is 10.6 Å². The number of aromatic nitrogens is 2. The van der Waals surface area contributed by atoms with Crippen molar-refractivity contribution in [2.45, 2.75) is 38.8 Å². The summed E-state index contributed by atoms with van der Waals surface area (Å²) in [6.07, 6.45) is 1.93. The van der Waals surface area contributed by atoms with Gasteiger partial charge in [-0.3, -0.25) is 4.79 Å². The molecule has 0 unspecified atom stereocenters. The molecule has 0 atom stereocenters. The minimum atomic E-state index is -0.153. The normalized spacial score (nSPS) is 15.7. The summed E-state index contributed by atoms with van der Waals surface area (Å²) in [5.41, 5.74) is 1.63. The predicted molar refractivity (Wildman–Crippen MR) is 133 cm³/mol. The number of anilines is 1. The van der Waals surface area contributed by atoms with Crippen LogP contribution in [0.25, 0.3) is 11.3 Å². The third-order valence-electron chi connectivity index (χ3n) is 6.25. The molecule has 1 saturated carbocycles. The molecule has 0 spiro atoms. The maximum Gasteiger partial charge on any atom is 0.318 e. The zero-order valence-electron chi connectivity index (χ0n) is 20.9. The third-order valence-corrected chi connectivity index (χ3v) is 6.25. The fraction of sp³-hybridized carbons (Fsp3) is 0.520. The van der Waals surface area contributed by atoms with E-state index >= 15 is 0 Å². The number of carbonyl (C=O) groups excluding carboxylic acids is 2. The van der Waals surface area contributed by atoms with Crippen molar-refractivity contribution in [3.63, 3.8) is 0 Å². The molecule has 10 heteroatoms. The molecule has 2 aliphatic rings. The molecule has 2 heterocycles. The highest BCUT2D eigenvalue weighted by Gasteiger charge is 2.35. The van der Waals surface area contributed by atoms with E-state index in [0.717, 1.165) is 29.9 Å². The van der Waals surface area contributed by atoms with Crippen LogP contribution in [-0.4, -0.2) is 91.0 Å². The van der Waals surface area contributed by atoms with Gasteiger partial charge in [-0.15, -0.1) is 10.2 Å². The van der Waals surface area contributed by atoms with Crippen molar-refractivity contribution in [1.29, 1.82) is 0 Å². The SMILES string of the molecule is COc1ccc(-c2ccc(N3CCN(C(=O)CN(C(=O)NC(C)C)C4CC4)CC3)nn2)cc1OC. The van der Waals surface area contributed by atoms with Crippen LogP contribution in [0.1, 0.15) is 26.7 Å². The number of nitrogens with one attached hydrogen (secondary N) is 1. The van der Waals surface area contributed by atoms with Crippen molar-refractivity contribution in [2.75, 3.05) is 51.8 Å². The van der Waals surface area contributed by atoms with Crippen LogP contribution < -0.4 is 19.7 Å². The summed E-state index contributed by atoms with van der Waals surface area (Å²) in [4.78, 5) is 31.1. The lowest BCUT2D eigenvalue weighted by Crippen LogP contribution is -2.53. The molecule has 4 rings (SSSR count). The molecule has 35 heavy (non-hydrogen) atoms. The van der Waals surface area contributed by atoms with Crippen LogP contribution in [0.2, 0.25) is 0 Å². The van der Waals surface area contributed by atoms with Gasteiger partial charge in [-0.2, -0.15) is 0 Å². The number of ether oxygens (including phenoxy) is 2. The van der Waals surface area contributed by atoms with Crippen molar-refractivity contribution in [3.05, 3.63) is 30.3 Å². The van der Waals surface area contributed by atoms with Gasteiger partial charge >= 0.3 is 6.03 Å². The second-order valence-electron chi connectivity index (χ2n) is 9.18. The Hall–Kier alpha value is -3.56. The van der Waals surface area contributed by atoms with Gasteiger partial charge in [0.05, 0.1) is 19.9 Å². The molecular formula is C25H34N6O4.